The number of nitrogens with two attached hydrogens (primary N) is 1. The Kier molecular flexibility index (Phi) is 7.58. The zero-order chi connectivity index (χ0) is 29.1. The maximum atomic E-state index is 13.3. The average molecular weight is 537 g/mol. The predicted octanol–water partition coefficient (Wildman–Crippen LogP) is 5.38. The van der Waals surface area contributed by atoms with Crippen LogP contribution in [-0.2, 0) is 0 Å². The molecule has 200 valence electrons. The molecule has 0 spiro atoms. The SMILES string of the molecule is Cc1ccc(C(=O)c2ccccc2C(=O)O)cc1N(C(N)=O)c1cc(C(=O)c2ccccc2C(=O)O)ccc1C. The number of primary amides is 1. The highest BCUT2D eigenvalue weighted by atomic mass is 16.4. The Labute approximate surface area is 229 Å². The second-order valence-electron chi connectivity index (χ2n) is 9.04. The fourth-order valence-electron chi connectivity index (χ4n) is 4.40. The highest BCUT2D eigenvalue weighted by molar-refractivity contribution is 6.16. The number of carboxylic acid groups (broad SMARTS) is 2. The molecule has 4 N–H and O–H groups in total. The molecule has 0 saturated carbocycles. The highest BCUT2D eigenvalue weighted by Crippen LogP contribution is 2.33. The fraction of sp³-hybridized carbons (Fsp3) is 0.0645. The van der Waals surface area contributed by atoms with Crippen LogP contribution >= 0.6 is 0 Å². The molecule has 0 saturated heterocycles. The number of aromatic carboxylic acids is 2. The monoisotopic (exact) mass is 536 g/mol. The first-order valence-corrected chi connectivity index (χ1v) is 12.1. The molecule has 2 amide bonds. The summed E-state index contributed by atoms with van der Waals surface area (Å²) in [5, 5.41) is 19.0. The Bertz CT molecular complexity index is 1590. The van der Waals surface area contributed by atoms with Crippen molar-refractivity contribution in [1.82, 2.24) is 0 Å². The molecule has 0 heterocycles. The van der Waals surface area contributed by atoms with Crippen LogP contribution in [0.15, 0.2) is 84.9 Å². The maximum absolute atomic E-state index is 13.3. The molecule has 0 aliphatic rings. The van der Waals surface area contributed by atoms with Crippen molar-refractivity contribution in [3.05, 3.63) is 129 Å². The summed E-state index contributed by atoms with van der Waals surface area (Å²) in [4.78, 5) is 64.0. The van der Waals surface area contributed by atoms with Crippen LogP contribution < -0.4 is 10.6 Å². The van der Waals surface area contributed by atoms with Gasteiger partial charge in [0.05, 0.1) is 22.5 Å². The van der Waals surface area contributed by atoms with Gasteiger partial charge in [0.25, 0.3) is 0 Å². The van der Waals surface area contributed by atoms with E-state index in [4.69, 9.17) is 5.73 Å². The summed E-state index contributed by atoms with van der Waals surface area (Å²) in [5.74, 6) is -3.63. The van der Waals surface area contributed by atoms with E-state index in [0.717, 1.165) is 4.90 Å². The van der Waals surface area contributed by atoms with E-state index in [1.165, 1.54) is 60.7 Å². The number of anilines is 2. The summed E-state index contributed by atoms with van der Waals surface area (Å²) in [7, 11) is 0. The van der Waals surface area contributed by atoms with Crippen LogP contribution in [0, 0.1) is 13.8 Å². The predicted molar refractivity (Wildman–Crippen MR) is 148 cm³/mol. The van der Waals surface area contributed by atoms with Crippen LogP contribution in [0.4, 0.5) is 16.2 Å². The largest absolute Gasteiger partial charge is 0.478 e. The number of nitrogens with zero attached hydrogens (tertiary/aromatic N) is 1. The number of hydrogen-bond acceptors (Lipinski definition) is 5. The number of amides is 2. The van der Waals surface area contributed by atoms with Gasteiger partial charge in [-0.25, -0.2) is 14.4 Å². The minimum Gasteiger partial charge on any atom is -0.478 e. The van der Waals surface area contributed by atoms with Crippen LogP contribution in [-0.4, -0.2) is 39.7 Å². The number of carbonyl (C=O) groups is 5. The maximum Gasteiger partial charge on any atom is 0.336 e. The Morgan fingerprint density at radius 1 is 0.575 bits per heavy atom. The smallest absolute Gasteiger partial charge is 0.336 e. The molecule has 0 atom stereocenters. The second kappa shape index (κ2) is 11.0. The lowest BCUT2D eigenvalue weighted by Crippen LogP contribution is -2.33. The minimum atomic E-state index is -1.25. The van der Waals surface area contributed by atoms with E-state index in [1.807, 2.05) is 0 Å². The Hall–Kier alpha value is -5.57. The molecule has 0 radical (unpaired) electrons. The lowest BCUT2D eigenvalue weighted by Gasteiger charge is -2.25. The van der Waals surface area contributed by atoms with E-state index in [-0.39, 0.29) is 44.8 Å². The molecule has 9 heteroatoms. The topological polar surface area (TPSA) is 155 Å². The molecule has 4 aromatic carbocycles. The number of rotatable bonds is 8. The lowest BCUT2D eigenvalue weighted by molar-refractivity contribution is 0.0683. The van der Waals surface area contributed by atoms with Gasteiger partial charge in [0.2, 0.25) is 0 Å². The van der Waals surface area contributed by atoms with Gasteiger partial charge < -0.3 is 15.9 Å². The summed E-state index contributed by atoms with van der Waals surface area (Å²) < 4.78 is 0. The summed E-state index contributed by atoms with van der Waals surface area (Å²) in [5.41, 5.74) is 7.36. The minimum absolute atomic E-state index is 0.0173. The van der Waals surface area contributed by atoms with Gasteiger partial charge >= 0.3 is 18.0 Å². The van der Waals surface area contributed by atoms with Crippen molar-refractivity contribution in [1.29, 1.82) is 0 Å². The summed E-state index contributed by atoms with van der Waals surface area (Å²) >= 11 is 0. The van der Waals surface area contributed by atoms with Gasteiger partial charge in [-0.3, -0.25) is 14.5 Å². The lowest BCUT2D eigenvalue weighted by atomic mass is 9.95. The molecule has 9 nitrogen and oxygen atoms in total. The van der Waals surface area contributed by atoms with E-state index >= 15 is 0 Å². The van der Waals surface area contributed by atoms with E-state index in [2.05, 4.69) is 0 Å². The zero-order valence-electron chi connectivity index (χ0n) is 21.5. The van der Waals surface area contributed by atoms with Crippen LogP contribution in [0.1, 0.15) is 63.7 Å². The Morgan fingerprint density at radius 3 is 1.25 bits per heavy atom. The third-order valence-electron chi connectivity index (χ3n) is 6.45. The first-order valence-electron chi connectivity index (χ1n) is 12.1. The van der Waals surface area contributed by atoms with Crippen LogP contribution in [0.3, 0.4) is 0 Å². The number of carbonyl (C=O) groups excluding carboxylic acids is 3. The van der Waals surface area contributed by atoms with Crippen LogP contribution in [0.25, 0.3) is 0 Å². The standard InChI is InChI=1S/C31H24N2O7/c1-17-11-13-19(27(34)21-7-3-5-9-23(21)29(36)37)15-25(17)33(31(32)40)26-16-20(14-12-18(26)2)28(35)22-8-4-6-10-24(22)30(38)39/h3-16H,1-2H3,(H2,32,40)(H,36,37)(H,38,39). The number of benzene rings is 4. The summed E-state index contributed by atoms with van der Waals surface area (Å²) in [6, 6.07) is 19.9. The van der Waals surface area contributed by atoms with Crippen molar-refractivity contribution in [2.45, 2.75) is 13.8 Å². The summed E-state index contributed by atoms with van der Waals surface area (Å²) in [6.07, 6.45) is 0. The van der Waals surface area contributed by atoms with E-state index in [1.54, 1.807) is 38.1 Å². The van der Waals surface area contributed by atoms with Crippen LogP contribution in [0.5, 0.6) is 0 Å². The van der Waals surface area contributed by atoms with Crippen LogP contribution in [0.2, 0.25) is 0 Å². The number of carboxylic acids is 2. The van der Waals surface area contributed by atoms with Gasteiger partial charge in [0.15, 0.2) is 11.6 Å². The molecular formula is C31H24N2O7. The van der Waals surface area contributed by atoms with Gasteiger partial charge in [-0.05, 0) is 49.2 Å². The summed E-state index contributed by atoms with van der Waals surface area (Å²) in [6.45, 7) is 3.41. The number of ketones is 2. The zero-order valence-corrected chi connectivity index (χ0v) is 21.5. The van der Waals surface area contributed by atoms with Crippen molar-refractivity contribution in [2.24, 2.45) is 5.73 Å². The molecule has 0 aromatic heterocycles. The number of aryl methyl sites for hydroxylation is 2. The van der Waals surface area contributed by atoms with E-state index in [9.17, 15) is 34.2 Å². The normalized spacial score (nSPS) is 10.6. The number of urea groups is 1. The van der Waals surface area contributed by atoms with Crippen molar-refractivity contribution < 1.29 is 34.2 Å². The molecular weight excluding hydrogens is 512 g/mol. The average Bonchev–Trinajstić information content (AvgIpc) is 2.94. The fourth-order valence-corrected chi connectivity index (χ4v) is 4.40. The molecule has 0 unspecified atom stereocenters. The van der Waals surface area contributed by atoms with Crippen molar-refractivity contribution in [2.75, 3.05) is 4.90 Å². The van der Waals surface area contributed by atoms with Gasteiger partial charge in [-0.1, -0.05) is 60.7 Å². The van der Waals surface area contributed by atoms with Gasteiger partial charge in [0.1, 0.15) is 0 Å². The third-order valence-corrected chi connectivity index (χ3v) is 6.45. The Morgan fingerprint density at radius 2 is 0.925 bits per heavy atom. The third kappa shape index (κ3) is 5.21. The van der Waals surface area contributed by atoms with Crippen molar-refractivity contribution in [3.8, 4) is 0 Å². The molecule has 4 rings (SSSR count). The first kappa shape index (κ1) is 27.5. The Balaban J connectivity index is 1.82. The second-order valence-corrected chi connectivity index (χ2v) is 9.04. The van der Waals surface area contributed by atoms with Crippen molar-refractivity contribution >= 4 is 40.9 Å². The number of hydrogen-bond donors (Lipinski definition) is 3. The quantitative estimate of drug-likeness (QED) is 0.255. The van der Waals surface area contributed by atoms with Gasteiger partial charge in [-0.2, -0.15) is 0 Å². The van der Waals surface area contributed by atoms with E-state index in [0.29, 0.717) is 11.1 Å². The highest BCUT2D eigenvalue weighted by Gasteiger charge is 2.25. The van der Waals surface area contributed by atoms with Gasteiger partial charge in [-0.15, -0.1) is 0 Å². The van der Waals surface area contributed by atoms with Crippen molar-refractivity contribution in [3.63, 3.8) is 0 Å². The first-order chi connectivity index (χ1) is 19.0. The molecule has 0 aliphatic heterocycles. The molecule has 0 aliphatic carbocycles. The van der Waals surface area contributed by atoms with Gasteiger partial charge in [0, 0.05) is 22.3 Å². The van der Waals surface area contributed by atoms with E-state index < -0.39 is 29.5 Å². The molecule has 0 bridgehead atoms. The molecule has 40 heavy (non-hydrogen) atoms. The molecule has 4 aromatic rings. The molecule has 0 fully saturated rings.